The van der Waals surface area contributed by atoms with Crippen LogP contribution in [0, 0.1) is 0 Å². The van der Waals surface area contributed by atoms with Gasteiger partial charge in [0, 0.05) is 20.9 Å². The van der Waals surface area contributed by atoms with Crippen LogP contribution in [0.5, 0.6) is 5.75 Å². The summed E-state index contributed by atoms with van der Waals surface area (Å²) in [6.07, 6.45) is 3.20. The Bertz CT molecular complexity index is 1640. The number of ether oxygens (including phenoxy) is 1. The summed E-state index contributed by atoms with van der Waals surface area (Å²) in [6.45, 7) is 2.48. The van der Waals surface area contributed by atoms with Crippen molar-refractivity contribution in [2.45, 2.75) is 26.4 Å². The molecule has 0 aliphatic heterocycles. The number of hydrogen-bond acceptors (Lipinski definition) is 4. The second kappa shape index (κ2) is 10.8. The predicted octanol–water partition coefficient (Wildman–Crippen LogP) is 7.49. The van der Waals surface area contributed by atoms with Crippen LogP contribution in [-0.4, -0.2) is 15.9 Å². The SMILES string of the molecule is CCCc1nc2ccc(Br)cc2c(=O)n1N=Cc1c(OCc2ccc(Br)cc2)ccc2ccccc12. The molecule has 0 amide bonds. The van der Waals surface area contributed by atoms with E-state index in [-0.39, 0.29) is 5.56 Å². The molecule has 0 aliphatic carbocycles. The second-order valence-electron chi connectivity index (χ2n) is 8.41. The standard InChI is InChI=1S/C29H23Br2N3O2/c1-2-5-28-33-26-14-13-22(31)16-24(26)29(35)34(28)32-17-25-23-7-4-3-6-20(23)10-15-27(25)36-18-19-8-11-21(30)12-9-19/h3-4,6-17H,2,5,18H2,1H3. The van der Waals surface area contributed by atoms with Gasteiger partial charge in [-0.25, -0.2) is 4.98 Å². The Hall–Kier alpha value is -3.29. The highest BCUT2D eigenvalue weighted by Gasteiger charge is 2.12. The van der Waals surface area contributed by atoms with E-state index in [9.17, 15) is 4.79 Å². The summed E-state index contributed by atoms with van der Waals surface area (Å²) in [5, 5.41) is 7.25. The molecule has 0 radical (unpaired) electrons. The number of aromatic nitrogens is 2. The molecular weight excluding hydrogens is 582 g/mol. The topological polar surface area (TPSA) is 56.5 Å². The van der Waals surface area contributed by atoms with Crippen molar-refractivity contribution in [1.29, 1.82) is 0 Å². The van der Waals surface area contributed by atoms with Crippen LogP contribution in [0.1, 0.15) is 30.3 Å². The highest BCUT2D eigenvalue weighted by molar-refractivity contribution is 9.10. The van der Waals surface area contributed by atoms with Crippen molar-refractivity contribution in [3.8, 4) is 5.75 Å². The molecule has 5 aromatic rings. The summed E-state index contributed by atoms with van der Waals surface area (Å²) >= 11 is 6.93. The number of halogens is 2. The Morgan fingerprint density at radius 3 is 2.53 bits per heavy atom. The summed E-state index contributed by atoms with van der Waals surface area (Å²) in [6, 6.07) is 25.6. The lowest BCUT2D eigenvalue weighted by Gasteiger charge is -2.13. The van der Waals surface area contributed by atoms with Crippen LogP contribution in [0.15, 0.2) is 97.7 Å². The number of aryl methyl sites for hydroxylation is 1. The van der Waals surface area contributed by atoms with Crippen molar-refractivity contribution < 1.29 is 4.74 Å². The van der Waals surface area contributed by atoms with Crippen molar-refractivity contribution in [2.24, 2.45) is 5.10 Å². The average Bonchev–Trinajstić information content (AvgIpc) is 2.89. The summed E-state index contributed by atoms with van der Waals surface area (Å²) in [4.78, 5) is 18.2. The largest absolute Gasteiger partial charge is 0.488 e. The molecule has 0 aliphatic rings. The third kappa shape index (κ3) is 5.13. The van der Waals surface area contributed by atoms with Gasteiger partial charge in [0.25, 0.3) is 5.56 Å². The monoisotopic (exact) mass is 603 g/mol. The minimum atomic E-state index is -0.196. The molecule has 1 aromatic heterocycles. The number of rotatable bonds is 7. The van der Waals surface area contributed by atoms with Crippen LogP contribution in [0.2, 0.25) is 0 Å². The van der Waals surface area contributed by atoms with E-state index in [2.05, 4.69) is 50.0 Å². The van der Waals surface area contributed by atoms with Gasteiger partial charge in [-0.3, -0.25) is 4.79 Å². The Balaban J connectivity index is 1.60. The molecule has 4 aromatic carbocycles. The zero-order valence-corrected chi connectivity index (χ0v) is 22.8. The maximum Gasteiger partial charge on any atom is 0.282 e. The Kier molecular flexibility index (Phi) is 7.30. The number of fused-ring (bicyclic) bond motifs is 2. The predicted molar refractivity (Wildman–Crippen MR) is 153 cm³/mol. The molecule has 0 N–H and O–H groups in total. The molecule has 0 saturated carbocycles. The molecule has 0 atom stereocenters. The zero-order valence-electron chi connectivity index (χ0n) is 19.6. The first-order chi connectivity index (χ1) is 17.5. The van der Waals surface area contributed by atoms with Gasteiger partial charge in [0.15, 0.2) is 0 Å². The maximum absolute atomic E-state index is 13.4. The van der Waals surface area contributed by atoms with Gasteiger partial charge in [0.1, 0.15) is 18.2 Å². The highest BCUT2D eigenvalue weighted by atomic mass is 79.9. The number of benzene rings is 4. The zero-order chi connectivity index (χ0) is 25.1. The van der Waals surface area contributed by atoms with Crippen LogP contribution in [-0.2, 0) is 13.0 Å². The molecule has 5 rings (SSSR count). The molecule has 7 heteroatoms. The smallest absolute Gasteiger partial charge is 0.282 e. The molecular formula is C29H23Br2N3O2. The van der Waals surface area contributed by atoms with Crippen LogP contribution >= 0.6 is 31.9 Å². The quantitative estimate of drug-likeness (QED) is 0.181. The lowest BCUT2D eigenvalue weighted by molar-refractivity contribution is 0.306. The van der Waals surface area contributed by atoms with Crippen molar-refractivity contribution >= 4 is 59.7 Å². The van der Waals surface area contributed by atoms with E-state index >= 15 is 0 Å². The Morgan fingerprint density at radius 1 is 0.944 bits per heavy atom. The lowest BCUT2D eigenvalue weighted by Crippen LogP contribution is -2.22. The van der Waals surface area contributed by atoms with E-state index < -0.39 is 0 Å². The van der Waals surface area contributed by atoms with Crippen molar-refractivity contribution in [3.63, 3.8) is 0 Å². The van der Waals surface area contributed by atoms with E-state index in [0.29, 0.717) is 35.5 Å². The summed E-state index contributed by atoms with van der Waals surface area (Å²) in [5.41, 5.74) is 2.34. The maximum atomic E-state index is 13.4. The first kappa shape index (κ1) is 24.4. The van der Waals surface area contributed by atoms with E-state index in [1.54, 1.807) is 12.3 Å². The van der Waals surface area contributed by atoms with E-state index in [0.717, 1.165) is 37.3 Å². The fourth-order valence-electron chi connectivity index (χ4n) is 4.09. The van der Waals surface area contributed by atoms with Gasteiger partial charge in [-0.05, 0) is 59.2 Å². The molecule has 180 valence electrons. The molecule has 36 heavy (non-hydrogen) atoms. The Labute approximate surface area is 225 Å². The average molecular weight is 605 g/mol. The van der Waals surface area contributed by atoms with Crippen molar-refractivity contribution in [1.82, 2.24) is 9.66 Å². The van der Waals surface area contributed by atoms with Crippen molar-refractivity contribution in [2.75, 3.05) is 0 Å². The fourth-order valence-corrected chi connectivity index (χ4v) is 4.72. The van der Waals surface area contributed by atoms with Crippen LogP contribution < -0.4 is 10.3 Å². The van der Waals surface area contributed by atoms with E-state index in [1.165, 1.54) is 4.68 Å². The first-order valence-electron chi connectivity index (χ1n) is 11.7. The van der Waals surface area contributed by atoms with Crippen molar-refractivity contribution in [3.05, 3.63) is 115 Å². The van der Waals surface area contributed by atoms with Gasteiger partial charge in [0.05, 0.1) is 17.1 Å². The Morgan fingerprint density at radius 2 is 1.72 bits per heavy atom. The number of nitrogens with zero attached hydrogens (tertiary/aromatic N) is 3. The van der Waals surface area contributed by atoms with E-state index in [1.807, 2.05) is 66.7 Å². The van der Waals surface area contributed by atoms with Gasteiger partial charge in [-0.15, -0.1) is 0 Å². The summed E-state index contributed by atoms with van der Waals surface area (Å²) in [5.74, 6) is 1.33. The molecule has 5 nitrogen and oxygen atoms in total. The molecule has 0 unspecified atom stereocenters. The highest BCUT2D eigenvalue weighted by Crippen LogP contribution is 2.28. The molecule has 0 spiro atoms. The van der Waals surface area contributed by atoms with Gasteiger partial charge in [-0.1, -0.05) is 81.2 Å². The fraction of sp³-hybridized carbons (Fsp3) is 0.138. The minimum absolute atomic E-state index is 0.196. The summed E-state index contributed by atoms with van der Waals surface area (Å²) in [7, 11) is 0. The van der Waals surface area contributed by atoms with Gasteiger partial charge < -0.3 is 4.74 Å². The first-order valence-corrected chi connectivity index (χ1v) is 13.3. The minimum Gasteiger partial charge on any atom is -0.488 e. The molecule has 1 heterocycles. The van der Waals surface area contributed by atoms with Gasteiger partial charge >= 0.3 is 0 Å². The third-order valence-electron chi connectivity index (χ3n) is 5.89. The van der Waals surface area contributed by atoms with Crippen LogP contribution in [0.25, 0.3) is 21.7 Å². The summed E-state index contributed by atoms with van der Waals surface area (Å²) < 4.78 is 9.50. The third-order valence-corrected chi connectivity index (χ3v) is 6.91. The molecule has 0 bridgehead atoms. The lowest BCUT2D eigenvalue weighted by atomic mass is 10.0. The molecule has 0 saturated heterocycles. The van der Waals surface area contributed by atoms with Crippen LogP contribution in [0.3, 0.4) is 0 Å². The van der Waals surface area contributed by atoms with Crippen LogP contribution in [0.4, 0.5) is 0 Å². The second-order valence-corrected chi connectivity index (χ2v) is 10.2. The van der Waals surface area contributed by atoms with E-state index in [4.69, 9.17) is 9.72 Å². The van der Waals surface area contributed by atoms with Gasteiger partial charge in [0.2, 0.25) is 0 Å². The number of hydrogen-bond donors (Lipinski definition) is 0. The molecule has 0 fully saturated rings. The normalized spacial score (nSPS) is 11.5. The van der Waals surface area contributed by atoms with Gasteiger partial charge in [-0.2, -0.15) is 9.78 Å².